The number of benzene rings is 1. The van der Waals surface area contributed by atoms with Crippen molar-refractivity contribution in [1.29, 1.82) is 0 Å². The first kappa shape index (κ1) is 12.8. The number of ether oxygens (including phenoxy) is 1. The van der Waals surface area contributed by atoms with Crippen molar-refractivity contribution >= 4 is 17.6 Å². The summed E-state index contributed by atoms with van der Waals surface area (Å²) in [5.74, 6) is -1.14. The average Bonchev–Trinajstić information content (AvgIpc) is 2.22. The molecule has 0 aliphatic carbocycles. The van der Waals surface area contributed by atoms with Gasteiger partial charge in [0.2, 0.25) is 5.67 Å². The molecule has 0 aliphatic rings. The SMILES string of the molecule is CCOC(=O)C(C)(F)c1ccc(O)c(Cl)c1. The molecular weight excluding hydrogens is 235 g/mol. The Morgan fingerprint density at radius 2 is 2.25 bits per heavy atom. The van der Waals surface area contributed by atoms with E-state index in [1.54, 1.807) is 6.92 Å². The smallest absolute Gasteiger partial charge is 0.348 e. The number of rotatable bonds is 3. The van der Waals surface area contributed by atoms with E-state index >= 15 is 0 Å². The molecule has 0 heterocycles. The maximum absolute atomic E-state index is 14.1. The minimum Gasteiger partial charge on any atom is -0.506 e. The van der Waals surface area contributed by atoms with Crippen LogP contribution in [0.2, 0.25) is 5.02 Å². The van der Waals surface area contributed by atoms with Crippen LogP contribution < -0.4 is 0 Å². The number of carbonyl (C=O) groups is 1. The molecule has 0 bridgehead atoms. The van der Waals surface area contributed by atoms with Crippen molar-refractivity contribution in [1.82, 2.24) is 0 Å². The zero-order valence-electron chi connectivity index (χ0n) is 8.96. The minimum atomic E-state index is -2.27. The van der Waals surface area contributed by atoms with Crippen LogP contribution in [-0.4, -0.2) is 17.7 Å². The zero-order valence-corrected chi connectivity index (χ0v) is 9.71. The summed E-state index contributed by atoms with van der Waals surface area (Å²) >= 11 is 5.63. The number of aromatic hydroxyl groups is 1. The van der Waals surface area contributed by atoms with Gasteiger partial charge >= 0.3 is 5.97 Å². The van der Waals surface area contributed by atoms with Gasteiger partial charge in [-0.2, -0.15) is 0 Å². The van der Waals surface area contributed by atoms with E-state index in [-0.39, 0.29) is 22.9 Å². The van der Waals surface area contributed by atoms with E-state index in [1.165, 1.54) is 18.2 Å². The van der Waals surface area contributed by atoms with Crippen molar-refractivity contribution < 1.29 is 19.0 Å². The Morgan fingerprint density at radius 1 is 1.62 bits per heavy atom. The summed E-state index contributed by atoms with van der Waals surface area (Å²) in [6, 6.07) is 3.72. The fourth-order valence-corrected chi connectivity index (χ4v) is 1.36. The van der Waals surface area contributed by atoms with Gasteiger partial charge in [-0.25, -0.2) is 9.18 Å². The van der Waals surface area contributed by atoms with Gasteiger partial charge < -0.3 is 9.84 Å². The van der Waals surface area contributed by atoms with E-state index in [4.69, 9.17) is 11.6 Å². The number of halogens is 2. The first-order valence-electron chi connectivity index (χ1n) is 4.74. The summed E-state index contributed by atoms with van der Waals surface area (Å²) in [5, 5.41) is 9.17. The van der Waals surface area contributed by atoms with E-state index < -0.39 is 11.6 Å². The van der Waals surface area contributed by atoms with Crippen molar-refractivity contribution in [3.8, 4) is 5.75 Å². The zero-order chi connectivity index (χ0) is 12.3. The molecule has 5 heteroatoms. The van der Waals surface area contributed by atoms with Crippen LogP contribution in [0, 0.1) is 0 Å². The summed E-state index contributed by atoms with van der Waals surface area (Å²) in [5.41, 5.74) is -2.22. The largest absolute Gasteiger partial charge is 0.506 e. The highest BCUT2D eigenvalue weighted by molar-refractivity contribution is 6.32. The normalized spacial score (nSPS) is 14.2. The lowest BCUT2D eigenvalue weighted by atomic mass is 9.98. The van der Waals surface area contributed by atoms with Crippen molar-refractivity contribution in [2.24, 2.45) is 0 Å². The van der Waals surface area contributed by atoms with Crippen LogP contribution in [0.5, 0.6) is 5.75 Å². The van der Waals surface area contributed by atoms with Gasteiger partial charge in [0.05, 0.1) is 11.6 Å². The molecule has 0 fully saturated rings. The lowest BCUT2D eigenvalue weighted by molar-refractivity contribution is -0.156. The monoisotopic (exact) mass is 246 g/mol. The fraction of sp³-hybridized carbons (Fsp3) is 0.364. The van der Waals surface area contributed by atoms with Gasteiger partial charge in [0.1, 0.15) is 5.75 Å². The number of hydrogen-bond acceptors (Lipinski definition) is 3. The molecule has 0 amide bonds. The Kier molecular flexibility index (Phi) is 3.75. The van der Waals surface area contributed by atoms with Crippen LogP contribution in [0.3, 0.4) is 0 Å². The van der Waals surface area contributed by atoms with E-state index in [1.807, 2.05) is 0 Å². The van der Waals surface area contributed by atoms with Crippen LogP contribution in [0.15, 0.2) is 18.2 Å². The van der Waals surface area contributed by atoms with Crippen LogP contribution in [0.1, 0.15) is 19.4 Å². The molecule has 1 aromatic carbocycles. The molecule has 1 rings (SSSR count). The van der Waals surface area contributed by atoms with E-state index in [0.717, 1.165) is 6.92 Å². The summed E-state index contributed by atoms with van der Waals surface area (Å²) in [6.45, 7) is 2.79. The molecule has 3 nitrogen and oxygen atoms in total. The van der Waals surface area contributed by atoms with Crippen LogP contribution in [0.4, 0.5) is 4.39 Å². The Labute approximate surface area is 97.8 Å². The molecular formula is C11H12ClFO3. The molecule has 0 aromatic heterocycles. The molecule has 16 heavy (non-hydrogen) atoms. The summed E-state index contributed by atoms with van der Waals surface area (Å²) in [6.07, 6.45) is 0. The highest BCUT2D eigenvalue weighted by Crippen LogP contribution is 2.32. The van der Waals surface area contributed by atoms with Crippen molar-refractivity contribution in [2.75, 3.05) is 6.61 Å². The van der Waals surface area contributed by atoms with Crippen molar-refractivity contribution in [3.05, 3.63) is 28.8 Å². The number of phenolic OH excluding ortho intramolecular Hbond substituents is 1. The Morgan fingerprint density at radius 3 is 2.75 bits per heavy atom. The van der Waals surface area contributed by atoms with Crippen LogP contribution in [-0.2, 0) is 15.2 Å². The van der Waals surface area contributed by atoms with Gasteiger partial charge in [0, 0.05) is 5.56 Å². The number of esters is 1. The molecule has 88 valence electrons. The molecule has 1 N–H and O–H groups in total. The Hall–Kier alpha value is -1.29. The third kappa shape index (κ3) is 2.44. The predicted molar refractivity (Wildman–Crippen MR) is 58.2 cm³/mol. The molecule has 1 atom stereocenters. The Balaban J connectivity index is 3.06. The quantitative estimate of drug-likeness (QED) is 0.835. The first-order valence-corrected chi connectivity index (χ1v) is 5.12. The first-order chi connectivity index (χ1) is 7.39. The van der Waals surface area contributed by atoms with Gasteiger partial charge in [-0.05, 0) is 26.0 Å². The number of alkyl halides is 1. The summed E-state index contributed by atoms with van der Waals surface area (Å²) in [7, 11) is 0. The van der Waals surface area contributed by atoms with Crippen LogP contribution >= 0.6 is 11.6 Å². The van der Waals surface area contributed by atoms with E-state index in [2.05, 4.69) is 4.74 Å². The van der Waals surface area contributed by atoms with Crippen molar-refractivity contribution in [3.63, 3.8) is 0 Å². The van der Waals surface area contributed by atoms with Crippen LogP contribution in [0.25, 0.3) is 0 Å². The minimum absolute atomic E-state index is 0.00864. The van der Waals surface area contributed by atoms with E-state index in [0.29, 0.717) is 0 Å². The molecule has 0 spiro atoms. The third-order valence-electron chi connectivity index (χ3n) is 2.15. The highest BCUT2D eigenvalue weighted by Gasteiger charge is 2.37. The van der Waals surface area contributed by atoms with Gasteiger partial charge in [-0.3, -0.25) is 0 Å². The maximum atomic E-state index is 14.1. The number of phenols is 1. The lowest BCUT2D eigenvalue weighted by Gasteiger charge is -2.19. The maximum Gasteiger partial charge on any atom is 0.348 e. The second-order valence-electron chi connectivity index (χ2n) is 3.39. The standard InChI is InChI=1S/C11H12ClFO3/c1-3-16-10(15)11(2,13)7-4-5-9(14)8(12)6-7/h4-6,14H,3H2,1-2H3. The van der Waals surface area contributed by atoms with E-state index in [9.17, 15) is 14.3 Å². The lowest BCUT2D eigenvalue weighted by Crippen LogP contribution is -2.29. The average molecular weight is 247 g/mol. The molecule has 0 saturated carbocycles. The van der Waals surface area contributed by atoms with Gasteiger partial charge in [0.25, 0.3) is 0 Å². The Bertz CT molecular complexity index is 404. The van der Waals surface area contributed by atoms with Gasteiger partial charge in [-0.1, -0.05) is 17.7 Å². The molecule has 0 radical (unpaired) electrons. The molecule has 1 aromatic rings. The number of carbonyl (C=O) groups excluding carboxylic acids is 1. The predicted octanol–water partition coefficient (Wildman–Crippen LogP) is 2.79. The summed E-state index contributed by atoms with van der Waals surface area (Å²) < 4.78 is 18.7. The summed E-state index contributed by atoms with van der Waals surface area (Å²) in [4.78, 5) is 11.4. The molecule has 0 aliphatic heterocycles. The molecule has 1 unspecified atom stereocenters. The highest BCUT2D eigenvalue weighted by atomic mass is 35.5. The fourth-order valence-electron chi connectivity index (χ4n) is 1.18. The number of hydrogen-bond donors (Lipinski definition) is 1. The van der Waals surface area contributed by atoms with Gasteiger partial charge in [0.15, 0.2) is 0 Å². The van der Waals surface area contributed by atoms with Gasteiger partial charge in [-0.15, -0.1) is 0 Å². The second-order valence-corrected chi connectivity index (χ2v) is 3.80. The topological polar surface area (TPSA) is 46.5 Å². The van der Waals surface area contributed by atoms with Crippen molar-refractivity contribution in [2.45, 2.75) is 19.5 Å². The second kappa shape index (κ2) is 4.70. The third-order valence-corrected chi connectivity index (χ3v) is 2.45. The molecule has 0 saturated heterocycles.